The maximum absolute atomic E-state index is 8.31. The highest BCUT2D eigenvalue weighted by Gasteiger charge is 1.95. The van der Waals surface area contributed by atoms with Gasteiger partial charge in [0.1, 0.15) is 0 Å². The van der Waals surface area contributed by atoms with Gasteiger partial charge in [0.25, 0.3) is 0 Å². The third-order valence-electron chi connectivity index (χ3n) is 0.992. The van der Waals surface area contributed by atoms with Crippen molar-refractivity contribution in [3.8, 4) is 6.07 Å². The van der Waals surface area contributed by atoms with E-state index >= 15 is 0 Å². The van der Waals surface area contributed by atoms with Crippen molar-refractivity contribution in [2.24, 2.45) is 11.7 Å². The monoisotopic (exact) mass is 127 g/mol. The summed E-state index contributed by atoms with van der Waals surface area (Å²) in [5.41, 5.74) is 5.21. The Bertz CT molecular complexity index is 95.0. The van der Waals surface area contributed by atoms with Gasteiger partial charge in [0.05, 0.1) is 12.0 Å². The Balaban J connectivity index is 2.99. The van der Waals surface area contributed by atoms with Crippen molar-refractivity contribution in [2.75, 3.05) is 19.6 Å². The third-order valence-corrected chi connectivity index (χ3v) is 0.992. The van der Waals surface area contributed by atoms with Gasteiger partial charge in [0, 0.05) is 19.6 Å². The number of hydrogen-bond donors (Lipinski definition) is 2. The summed E-state index contributed by atoms with van der Waals surface area (Å²) in [6.45, 7) is 4.06. The third kappa shape index (κ3) is 5.28. The van der Waals surface area contributed by atoms with Gasteiger partial charge in [0.15, 0.2) is 0 Å². The van der Waals surface area contributed by atoms with Crippen LogP contribution in [0.15, 0.2) is 0 Å². The predicted octanol–water partition coefficient (Wildman–Crippen LogP) is -0.306. The van der Waals surface area contributed by atoms with E-state index in [1.807, 2.05) is 6.92 Å². The zero-order chi connectivity index (χ0) is 7.11. The standard InChI is InChI=1S/C6H13N3/c1-6(4-8)5-9-3-2-7/h6,9H,2-3,5,7H2,1H3. The number of nitrogens with two attached hydrogens (primary N) is 1. The minimum Gasteiger partial charge on any atom is -0.329 e. The van der Waals surface area contributed by atoms with Gasteiger partial charge in [-0.3, -0.25) is 0 Å². The summed E-state index contributed by atoms with van der Waals surface area (Å²) >= 11 is 0. The largest absolute Gasteiger partial charge is 0.329 e. The number of hydrogen-bond acceptors (Lipinski definition) is 3. The Morgan fingerprint density at radius 1 is 1.78 bits per heavy atom. The summed E-state index contributed by atoms with van der Waals surface area (Å²) in [6.07, 6.45) is 0. The van der Waals surface area contributed by atoms with Crippen LogP contribution in [-0.2, 0) is 0 Å². The summed E-state index contributed by atoms with van der Waals surface area (Å²) in [5, 5.41) is 11.4. The van der Waals surface area contributed by atoms with Crippen LogP contribution in [0.1, 0.15) is 6.92 Å². The second-order valence-corrected chi connectivity index (χ2v) is 2.02. The first-order valence-electron chi connectivity index (χ1n) is 3.11. The van der Waals surface area contributed by atoms with Crippen LogP contribution >= 0.6 is 0 Å². The molecule has 52 valence electrons. The number of nitrogens with one attached hydrogen (secondary N) is 1. The average Bonchev–Trinajstić information content (AvgIpc) is 1.89. The maximum atomic E-state index is 8.31. The molecule has 1 unspecified atom stereocenters. The van der Waals surface area contributed by atoms with E-state index < -0.39 is 0 Å². The van der Waals surface area contributed by atoms with Gasteiger partial charge in [-0.1, -0.05) is 0 Å². The fourth-order valence-electron chi connectivity index (χ4n) is 0.466. The molecule has 0 aromatic heterocycles. The normalized spacial score (nSPS) is 12.6. The molecular weight excluding hydrogens is 114 g/mol. The average molecular weight is 127 g/mol. The first-order chi connectivity index (χ1) is 4.31. The molecular formula is C6H13N3. The Labute approximate surface area is 55.8 Å². The zero-order valence-electron chi connectivity index (χ0n) is 5.72. The highest BCUT2D eigenvalue weighted by Crippen LogP contribution is 1.85. The van der Waals surface area contributed by atoms with Gasteiger partial charge in [-0.15, -0.1) is 0 Å². The van der Waals surface area contributed by atoms with E-state index in [-0.39, 0.29) is 5.92 Å². The topological polar surface area (TPSA) is 61.8 Å². The summed E-state index contributed by atoms with van der Waals surface area (Å²) < 4.78 is 0. The molecule has 0 aromatic rings. The second-order valence-electron chi connectivity index (χ2n) is 2.02. The number of rotatable bonds is 4. The second kappa shape index (κ2) is 5.54. The fraction of sp³-hybridized carbons (Fsp3) is 0.833. The van der Waals surface area contributed by atoms with Gasteiger partial charge in [-0.2, -0.15) is 5.26 Å². The molecule has 0 bridgehead atoms. The van der Waals surface area contributed by atoms with Gasteiger partial charge in [0.2, 0.25) is 0 Å². The Kier molecular flexibility index (Phi) is 5.18. The molecule has 0 amide bonds. The van der Waals surface area contributed by atoms with E-state index in [9.17, 15) is 0 Å². The van der Waals surface area contributed by atoms with Crippen LogP contribution in [-0.4, -0.2) is 19.6 Å². The van der Waals surface area contributed by atoms with E-state index in [1.165, 1.54) is 0 Å². The molecule has 1 atom stereocenters. The molecule has 0 aliphatic heterocycles. The first kappa shape index (κ1) is 8.41. The molecule has 0 aliphatic carbocycles. The summed E-state index contributed by atoms with van der Waals surface area (Å²) in [5.74, 6) is 0.0940. The van der Waals surface area contributed by atoms with Crippen LogP contribution in [0.25, 0.3) is 0 Å². The molecule has 0 radical (unpaired) electrons. The van der Waals surface area contributed by atoms with E-state index in [0.29, 0.717) is 6.54 Å². The van der Waals surface area contributed by atoms with E-state index in [2.05, 4.69) is 11.4 Å². The van der Waals surface area contributed by atoms with Crippen molar-refractivity contribution in [1.82, 2.24) is 5.32 Å². The van der Waals surface area contributed by atoms with Crippen molar-refractivity contribution in [1.29, 1.82) is 5.26 Å². The van der Waals surface area contributed by atoms with Crippen LogP contribution < -0.4 is 11.1 Å². The lowest BCUT2D eigenvalue weighted by Gasteiger charge is -2.01. The minimum atomic E-state index is 0.0940. The van der Waals surface area contributed by atoms with Gasteiger partial charge >= 0.3 is 0 Å². The highest BCUT2D eigenvalue weighted by molar-refractivity contribution is 4.79. The Morgan fingerprint density at radius 2 is 2.44 bits per heavy atom. The SMILES string of the molecule is CC(C#N)CNCCN. The number of nitrogens with zero attached hydrogens (tertiary/aromatic N) is 1. The Hall–Kier alpha value is -0.590. The molecule has 0 spiro atoms. The molecule has 3 nitrogen and oxygen atoms in total. The van der Waals surface area contributed by atoms with E-state index in [4.69, 9.17) is 11.0 Å². The molecule has 0 saturated heterocycles. The van der Waals surface area contributed by atoms with Gasteiger partial charge in [-0.25, -0.2) is 0 Å². The van der Waals surface area contributed by atoms with Crippen molar-refractivity contribution in [3.63, 3.8) is 0 Å². The van der Waals surface area contributed by atoms with E-state index in [1.54, 1.807) is 0 Å². The quantitative estimate of drug-likeness (QED) is 0.509. The van der Waals surface area contributed by atoms with E-state index in [0.717, 1.165) is 13.1 Å². The smallest absolute Gasteiger partial charge is 0.0666 e. The molecule has 3 N–H and O–H groups in total. The number of nitriles is 1. The van der Waals surface area contributed by atoms with Crippen LogP contribution in [0.4, 0.5) is 0 Å². The van der Waals surface area contributed by atoms with Gasteiger partial charge in [-0.05, 0) is 6.92 Å². The molecule has 0 aromatic carbocycles. The molecule has 3 heteroatoms. The van der Waals surface area contributed by atoms with Gasteiger partial charge < -0.3 is 11.1 Å². The maximum Gasteiger partial charge on any atom is 0.0666 e. The van der Waals surface area contributed by atoms with Crippen molar-refractivity contribution < 1.29 is 0 Å². The summed E-state index contributed by atoms with van der Waals surface area (Å²) in [7, 11) is 0. The molecule has 0 fully saturated rings. The van der Waals surface area contributed by atoms with Crippen LogP contribution in [0.2, 0.25) is 0 Å². The molecule has 0 heterocycles. The molecule has 0 saturated carbocycles. The van der Waals surface area contributed by atoms with Crippen molar-refractivity contribution >= 4 is 0 Å². The van der Waals surface area contributed by atoms with Crippen molar-refractivity contribution in [2.45, 2.75) is 6.92 Å². The minimum absolute atomic E-state index is 0.0940. The Morgan fingerprint density at radius 3 is 2.89 bits per heavy atom. The lowest BCUT2D eigenvalue weighted by Crippen LogP contribution is -2.26. The summed E-state index contributed by atoms with van der Waals surface area (Å²) in [6, 6.07) is 2.12. The van der Waals surface area contributed by atoms with Crippen LogP contribution in [0, 0.1) is 17.2 Å². The van der Waals surface area contributed by atoms with Crippen LogP contribution in [0.5, 0.6) is 0 Å². The molecule has 0 rings (SSSR count). The zero-order valence-corrected chi connectivity index (χ0v) is 5.72. The van der Waals surface area contributed by atoms with Crippen molar-refractivity contribution in [3.05, 3.63) is 0 Å². The molecule has 0 aliphatic rings. The molecule has 9 heavy (non-hydrogen) atoms. The summed E-state index contributed by atoms with van der Waals surface area (Å²) in [4.78, 5) is 0. The lowest BCUT2D eigenvalue weighted by molar-refractivity contribution is 0.607. The first-order valence-corrected chi connectivity index (χ1v) is 3.11. The predicted molar refractivity (Wildman–Crippen MR) is 36.7 cm³/mol. The fourth-order valence-corrected chi connectivity index (χ4v) is 0.466. The highest BCUT2D eigenvalue weighted by atomic mass is 14.9. The van der Waals surface area contributed by atoms with Crippen LogP contribution in [0.3, 0.4) is 0 Å². The lowest BCUT2D eigenvalue weighted by atomic mass is 10.2.